The molecule has 1 aromatic carbocycles. The van der Waals surface area contributed by atoms with Gasteiger partial charge in [-0.15, -0.1) is 0 Å². The summed E-state index contributed by atoms with van der Waals surface area (Å²) in [6, 6.07) is 2.69. The highest BCUT2D eigenvalue weighted by Crippen LogP contribution is 2.33. The molecule has 0 radical (unpaired) electrons. The molecule has 1 aromatic rings. The fourth-order valence-corrected chi connectivity index (χ4v) is 2.57. The van der Waals surface area contributed by atoms with Gasteiger partial charge in [0.1, 0.15) is 18.2 Å². The summed E-state index contributed by atoms with van der Waals surface area (Å²) >= 11 is 0. The van der Waals surface area contributed by atoms with Crippen LogP contribution >= 0.6 is 0 Å². The molecule has 0 aliphatic heterocycles. The van der Waals surface area contributed by atoms with Crippen LogP contribution in [0, 0.1) is 11.7 Å². The minimum atomic E-state index is -4.70. The average molecular weight is 305 g/mol. The zero-order valence-electron chi connectivity index (χ0n) is 11.7. The summed E-state index contributed by atoms with van der Waals surface area (Å²) in [6.45, 7) is 1.74. The fraction of sp³-hybridized carbons (Fsp3) is 0.600. The Bertz CT molecular complexity index is 455. The topological polar surface area (TPSA) is 21.3 Å². The zero-order valence-corrected chi connectivity index (χ0v) is 11.7. The Morgan fingerprint density at radius 1 is 1.19 bits per heavy atom. The van der Waals surface area contributed by atoms with Crippen LogP contribution in [0.5, 0.6) is 5.75 Å². The van der Waals surface area contributed by atoms with Crippen LogP contribution in [-0.4, -0.2) is 19.7 Å². The van der Waals surface area contributed by atoms with Crippen LogP contribution in [0.1, 0.15) is 31.2 Å². The van der Waals surface area contributed by atoms with Gasteiger partial charge in [-0.05, 0) is 43.5 Å². The summed E-state index contributed by atoms with van der Waals surface area (Å²) in [7, 11) is 0. The first-order valence-electron chi connectivity index (χ1n) is 7.17. The molecule has 1 fully saturated rings. The van der Waals surface area contributed by atoms with Gasteiger partial charge >= 0.3 is 6.18 Å². The number of halogens is 4. The Balaban J connectivity index is 1.75. The number of rotatable bonds is 6. The van der Waals surface area contributed by atoms with Crippen LogP contribution in [0.3, 0.4) is 0 Å². The van der Waals surface area contributed by atoms with E-state index >= 15 is 0 Å². The van der Waals surface area contributed by atoms with E-state index < -0.39 is 17.6 Å². The second-order valence-electron chi connectivity index (χ2n) is 5.34. The van der Waals surface area contributed by atoms with Gasteiger partial charge in [-0.3, -0.25) is 0 Å². The maximum absolute atomic E-state index is 13.1. The predicted octanol–water partition coefficient (Wildman–Crippen LogP) is 4.00. The second kappa shape index (κ2) is 7.11. The van der Waals surface area contributed by atoms with Gasteiger partial charge < -0.3 is 10.1 Å². The summed E-state index contributed by atoms with van der Waals surface area (Å²) in [5, 5.41) is 3.23. The summed E-state index contributed by atoms with van der Waals surface area (Å²) in [5.41, 5.74) is -1.29. The SMILES string of the molecule is Fc1ccc(OCCNCC2CCCC2)cc1C(F)(F)F. The zero-order chi connectivity index (χ0) is 15.3. The maximum Gasteiger partial charge on any atom is 0.419 e. The van der Waals surface area contributed by atoms with Crippen molar-refractivity contribution in [1.82, 2.24) is 5.32 Å². The lowest BCUT2D eigenvalue weighted by molar-refractivity contribution is -0.140. The van der Waals surface area contributed by atoms with Crippen LogP contribution < -0.4 is 10.1 Å². The Hall–Kier alpha value is -1.30. The molecule has 0 heterocycles. The van der Waals surface area contributed by atoms with E-state index in [4.69, 9.17) is 4.74 Å². The molecular weight excluding hydrogens is 286 g/mol. The quantitative estimate of drug-likeness (QED) is 0.633. The Labute approximate surface area is 121 Å². The van der Waals surface area contributed by atoms with Crippen LogP contribution in [0.2, 0.25) is 0 Å². The van der Waals surface area contributed by atoms with Crippen molar-refractivity contribution < 1.29 is 22.3 Å². The van der Waals surface area contributed by atoms with Crippen molar-refractivity contribution in [2.24, 2.45) is 5.92 Å². The molecule has 0 atom stereocenters. The summed E-state index contributed by atoms with van der Waals surface area (Å²) < 4.78 is 55.9. The standard InChI is InChI=1S/C15H19F4NO/c16-14-6-5-12(9-13(14)15(17,18)19)21-8-7-20-10-11-3-1-2-4-11/h5-6,9,11,20H,1-4,7-8,10H2. The van der Waals surface area contributed by atoms with E-state index in [1.165, 1.54) is 31.7 Å². The van der Waals surface area contributed by atoms with E-state index in [0.29, 0.717) is 18.5 Å². The lowest BCUT2D eigenvalue weighted by atomic mass is 10.1. The van der Waals surface area contributed by atoms with Crippen molar-refractivity contribution in [2.45, 2.75) is 31.9 Å². The van der Waals surface area contributed by atoms with Crippen LogP contribution in [0.25, 0.3) is 0 Å². The van der Waals surface area contributed by atoms with Gasteiger partial charge in [0.2, 0.25) is 0 Å². The van der Waals surface area contributed by atoms with Crippen LogP contribution in [0.15, 0.2) is 18.2 Å². The third-order valence-electron chi connectivity index (χ3n) is 3.70. The normalized spacial score (nSPS) is 16.4. The molecule has 0 aromatic heterocycles. The predicted molar refractivity (Wildman–Crippen MR) is 71.7 cm³/mol. The van der Waals surface area contributed by atoms with Crippen molar-refractivity contribution in [2.75, 3.05) is 19.7 Å². The number of hydrogen-bond acceptors (Lipinski definition) is 2. The number of alkyl halides is 3. The summed E-state index contributed by atoms with van der Waals surface area (Å²) in [4.78, 5) is 0. The molecule has 0 saturated heterocycles. The van der Waals surface area contributed by atoms with E-state index in [9.17, 15) is 17.6 Å². The minimum absolute atomic E-state index is 0.0337. The first-order valence-corrected chi connectivity index (χ1v) is 7.17. The van der Waals surface area contributed by atoms with Gasteiger partial charge in [-0.1, -0.05) is 12.8 Å². The molecule has 118 valence electrons. The van der Waals surface area contributed by atoms with E-state index in [-0.39, 0.29) is 12.4 Å². The number of hydrogen-bond donors (Lipinski definition) is 1. The molecule has 6 heteroatoms. The van der Waals surface area contributed by atoms with E-state index in [2.05, 4.69) is 5.32 Å². The van der Waals surface area contributed by atoms with Crippen molar-refractivity contribution in [3.05, 3.63) is 29.6 Å². The molecule has 1 aliphatic rings. The highest BCUT2D eigenvalue weighted by molar-refractivity contribution is 5.31. The Morgan fingerprint density at radius 2 is 1.90 bits per heavy atom. The van der Waals surface area contributed by atoms with Crippen LogP contribution in [0.4, 0.5) is 17.6 Å². The molecular formula is C15H19F4NO. The second-order valence-corrected chi connectivity index (χ2v) is 5.34. The van der Waals surface area contributed by atoms with Crippen molar-refractivity contribution in [1.29, 1.82) is 0 Å². The van der Waals surface area contributed by atoms with Gasteiger partial charge in [0.15, 0.2) is 0 Å². The molecule has 0 amide bonds. The number of benzene rings is 1. The Morgan fingerprint density at radius 3 is 2.57 bits per heavy atom. The van der Waals surface area contributed by atoms with Gasteiger partial charge in [0.25, 0.3) is 0 Å². The summed E-state index contributed by atoms with van der Waals surface area (Å²) in [5.74, 6) is -0.548. The molecule has 1 N–H and O–H groups in total. The molecule has 1 aliphatic carbocycles. The Kier molecular flexibility index (Phi) is 5.45. The molecule has 0 spiro atoms. The molecule has 2 rings (SSSR count). The van der Waals surface area contributed by atoms with Gasteiger partial charge in [0.05, 0.1) is 5.56 Å². The first-order chi connectivity index (χ1) is 9.97. The lowest BCUT2D eigenvalue weighted by Crippen LogP contribution is -2.26. The van der Waals surface area contributed by atoms with Crippen molar-refractivity contribution in [3.8, 4) is 5.75 Å². The van der Waals surface area contributed by atoms with E-state index in [1.54, 1.807) is 0 Å². The number of ether oxygens (including phenoxy) is 1. The molecule has 1 saturated carbocycles. The third-order valence-corrected chi connectivity index (χ3v) is 3.70. The maximum atomic E-state index is 13.1. The smallest absolute Gasteiger partial charge is 0.419 e. The highest BCUT2D eigenvalue weighted by atomic mass is 19.4. The largest absolute Gasteiger partial charge is 0.492 e. The minimum Gasteiger partial charge on any atom is -0.492 e. The first kappa shape index (κ1) is 16.1. The van der Waals surface area contributed by atoms with Gasteiger partial charge in [0, 0.05) is 6.54 Å². The van der Waals surface area contributed by atoms with Crippen LogP contribution in [-0.2, 0) is 6.18 Å². The van der Waals surface area contributed by atoms with Crippen molar-refractivity contribution >= 4 is 0 Å². The lowest BCUT2D eigenvalue weighted by Gasteiger charge is -2.13. The molecule has 0 unspecified atom stereocenters. The summed E-state index contributed by atoms with van der Waals surface area (Å²) in [6.07, 6.45) is 0.322. The average Bonchev–Trinajstić information content (AvgIpc) is 2.92. The van der Waals surface area contributed by atoms with Gasteiger partial charge in [-0.2, -0.15) is 13.2 Å². The third kappa shape index (κ3) is 4.88. The monoisotopic (exact) mass is 305 g/mol. The van der Waals surface area contributed by atoms with E-state index in [1.807, 2.05) is 0 Å². The van der Waals surface area contributed by atoms with Crippen molar-refractivity contribution in [3.63, 3.8) is 0 Å². The highest BCUT2D eigenvalue weighted by Gasteiger charge is 2.34. The number of nitrogens with one attached hydrogen (secondary N) is 1. The van der Waals surface area contributed by atoms with Gasteiger partial charge in [-0.25, -0.2) is 4.39 Å². The van der Waals surface area contributed by atoms with E-state index in [0.717, 1.165) is 12.6 Å². The molecule has 2 nitrogen and oxygen atoms in total. The fourth-order valence-electron chi connectivity index (χ4n) is 2.57. The molecule has 0 bridgehead atoms. The molecule has 21 heavy (non-hydrogen) atoms.